The third-order valence-electron chi connectivity index (χ3n) is 5.01. The summed E-state index contributed by atoms with van der Waals surface area (Å²) in [7, 11) is 0. The van der Waals surface area contributed by atoms with Gasteiger partial charge >= 0.3 is 0 Å². The summed E-state index contributed by atoms with van der Waals surface area (Å²) >= 11 is 3.47. The summed E-state index contributed by atoms with van der Waals surface area (Å²) in [5.41, 5.74) is 6.39. The molecule has 0 radical (unpaired) electrons. The van der Waals surface area contributed by atoms with E-state index in [1.807, 2.05) is 24.3 Å². The summed E-state index contributed by atoms with van der Waals surface area (Å²) in [6.45, 7) is 1.00. The number of para-hydroxylation sites is 1. The molecule has 1 saturated carbocycles. The Morgan fingerprint density at radius 2 is 2.04 bits per heavy atom. The second kappa shape index (κ2) is 6.61. The average molecular weight is 380 g/mol. The third-order valence-corrected chi connectivity index (χ3v) is 5.68. The maximum atomic E-state index is 12.7. The molecule has 5 nitrogen and oxygen atoms in total. The highest BCUT2D eigenvalue weighted by Crippen LogP contribution is 2.33. The molecule has 3 rings (SSSR count). The number of halogens is 1. The van der Waals surface area contributed by atoms with E-state index in [1.54, 1.807) is 4.90 Å². The van der Waals surface area contributed by atoms with Crippen LogP contribution in [0.5, 0.6) is 0 Å². The predicted molar refractivity (Wildman–Crippen MR) is 93.0 cm³/mol. The lowest BCUT2D eigenvalue weighted by molar-refractivity contribution is -0.133. The molecule has 23 heavy (non-hydrogen) atoms. The van der Waals surface area contributed by atoms with Crippen molar-refractivity contribution in [2.75, 3.05) is 18.0 Å². The standard InChI is InChI=1S/C17H22BrN3O2/c18-13-5-1-2-6-14(13)21-10-7-12(16(21)23)15(22)20-17(11-19)8-3-4-9-17/h1-2,5-6,12H,3-4,7-11,19H2,(H,20,22). The number of carbonyl (C=O) groups excluding carboxylic acids is 2. The Hall–Kier alpha value is -1.40. The van der Waals surface area contributed by atoms with E-state index in [2.05, 4.69) is 21.2 Å². The van der Waals surface area contributed by atoms with Crippen LogP contribution in [-0.4, -0.2) is 30.4 Å². The van der Waals surface area contributed by atoms with Crippen LogP contribution < -0.4 is 16.0 Å². The van der Waals surface area contributed by atoms with Crippen LogP contribution in [0.15, 0.2) is 28.7 Å². The Bertz CT molecular complexity index is 614. The maximum absolute atomic E-state index is 12.7. The van der Waals surface area contributed by atoms with E-state index in [1.165, 1.54) is 0 Å². The first-order valence-electron chi connectivity index (χ1n) is 8.14. The van der Waals surface area contributed by atoms with E-state index in [0.29, 0.717) is 19.5 Å². The van der Waals surface area contributed by atoms with Gasteiger partial charge < -0.3 is 16.0 Å². The van der Waals surface area contributed by atoms with Crippen molar-refractivity contribution >= 4 is 33.4 Å². The van der Waals surface area contributed by atoms with E-state index in [4.69, 9.17) is 5.73 Å². The van der Waals surface area contributed by atoms with Crippen LogP contribution in [0.3, 0.4) is 0 Å². The summed E-state index contributed by atoms with van der Waals surface area (Å²) in [5, 5.41) is 3.08. The molecule has 1 unspecified atom stereocenters. The molecular weight excluding hydrogens is 358 g/mol. The molecule has 6 heteroatoms. The molecule has 1 saturated heterocycles. The fourth-order valence-electron chi connectivity index (χ4n) is 3.61. The summed E-state index contributed by atoms with van der Waals surface area (Å²) in [6, 6.07) is 7.59. The zero-order valence-electron chi connectivity index (χ0n) is 13.1. The summed E-state index contributed by atoms with van der Waals surface area (Å²) in [6.07, 6.45) is 4.53. The van der Waals surface area contributed by atoms with Crippen LogP contribution in [-0.2, 0) is 9.59 Å². The molecule has 1 aromatic rings. The quantitative estimate of drug-likeness (QED) is 0.787. The molecule has 1 atom stereocenters. The largest absolute Gasteiger partial charge is 0.349 e. The number of anilines is 1. The molecular formula is C17H22BrN3O2. The highest BCUT2D eigenvalue weighted by atomic mass is 79.9. The zero-order valence-corrected chi connectivity index (χ0v) is 14.6. The van der Waals surface area contributed by atoms with Crippen molar-refractivity contribution in [2.45, 2.75) is 37.6 Å². The number of hydrogen-bond acceptors (Lipinski definition) is 3. The zero-order chi connectivity index (χ0) is 16.4. The van der Waals surface area contributed by atoms with Crippen molar-refractivity contribution in [1.29, 1.82) is 0 Å². The second-order valence-corrected chi connectivity index (χ2v) is 7.32. The maximum Gasteiger partial charge on any atom is 0.239 e. The Kier molecular flexibility index (Phi) is 4.73. The lowest BCUT2D eigenvalue weighted by Crippen LogP contribution is -2.54. The Balaban J connectivity index is 1.71. The molecule has 2 fully saturated rings. The average Bonchev–Trinajstić information content (AvgIpc) is 3.15. The van der Waals surface area contributed by atoms with Gasteiger partial charge in [0.2, 0.25) is 11.8 Å². The number of nitrogens with one attached hydrogen (secondary N) is 1. The molecule has 1 aromatic carbocycles. The van der Waals surface area contributed by atoms with Gasteiger partial charge in [0, 0.05) is 17.6 Å². The minimum atomic E-state index is -0.605. The molecule has 0 aromatic heterocycles. The van der Waals surface area contributed by atoms with E-state index in [0.717, 1.165) is 35.8 Å². The molecule has 1 aliphatic heterocycles. The van der Waals surface area contributed by atoms with Crippen LogP contribution in [0.1, 0.15) is 32.1 Å². The molecule has 0 spiro atoms. The normalized spacial score (nSPS) is 23.3. The van der Waals surface area contributed by atoms with Crippen molar-refractivity contribution in [3.05, 3.63) is 28.7 Å². The molecule has 1 heterocycles. The fraction of sp³-hybridized carbons (Fsp3) is 0.529. The molecule has 124 valence electrons. The molecule has 0 bridgehead atoms. The van der Waals surface area contributed by atoms with Crippen LogP contribution in [0.2, 0.25) is 0 Å². The topological polar surface area (TPSA) is 75.4 Å². The number of nitrogens with two attached hydrogens (primary N) is 1. The third kappa shape index (κ3) is 3.15. The van der Waals surface area contributed by atoms with E-state index < -0.39 is 5.92 Å². The predicted octanol–water partition coefficient (Wildman–Crippen LogP) is 2.19. The van der Waals surface area contributed by atoms with Crippen LogP contribution in [0, 0.1) is 5.92 Å². The van der Waals surface area contributed by atoms with Gasteiger partial charge in [0.05, 0.1) is 11.2 Å². The highest BCUT2D eigenvalue weighted by molar-refractivity contribution is 9.10. The summed E-state index contributed by atoms with van der Waals surface area (Å²) in [5.74, 6) is -0.900. The fourth-order valence-corrected chi connectivity index (χ4v) is 4.11. The van der Waals surface area contributed by atoms with Gasteiger partial charge in [-0.25, -0.2) is 0 Å². The number of amides is 2. The first-order valence-corrected chi connectivity index (χ1v) is 8.94. The Morgan fingerprint density at radius 1 is 1.35 bits per heavy atom. The highest BCUT2D eigenvalue weighted by Gasteiger charge is 2.42. The number of benzene rings is 1. The molecule has 2 amide bonds. The SMILES string of the molecule is NCC1(NC(=O)C2CCN(c3ccccc3Br)C2=O)CCCC1. The summed E-state index contributed by atoms with van der Waals surface area (Å²) < 4.78 is 0.864. The summed E-state index contributed by atoms with van der Waals surface area (Å²) in [4.78, 5) is 27.0. The van der Waals surface area contributed by atoms with Crippen LogP contribution in [0.4, 0.5) is 5.69 Å². The number of rotatable bonds is 4. The van der Waals surface area contributed by atoms with Crippen LogP contribution in [0.25, 0.3) is 0 Å². The minimum Gasteiger partial charge on any atom is -0.349 e. The molecule has 1 aliphatic carbocycles. The smallest absolute Gasteiger partial charge is 0.239 e. The monoisotopic (exact) mass is 379 g/mol. The van der Waals surface area contributed by atoms with Gasteiger partial charge in [-0.1, -0.05) is 25.0 Å². The first-order chi connectivity index (χ1) is 11.1. The minimum absolute atomic E-state index is 0.125. The first kappa shape index (κ1) is 16.5. The van der Waals surface area contributed by atoms with Gasteiger partial charge in [-0.05, 0) is 47.3 Å². The number of nitrogens with zero attached hydrogens (tertiary/aromatic N) is 1. The Morgan fingerprint density at radius 3 is 2.70 bits per heavy atom. The van der Waals surface area contributed by atoms with Crippen molar-refractivity contribution in [3.63, 3.8) is 0 Å². The van der Waals surface area contributed by atoms with E-state index in [9.17, 15) is 9.59 Å². The Labute approximate surface area is 144 Å². The van der Waals surface area contributed by atoms with Crippen molar-refractivity contribution in [3.8, 4) is 0 Å². The van der Waals surface area contributed by atoms with Gasteiger partial charge in [-0.15, -0.1) is 0 Å². The number of carbonyl (C=O) groups is 2. The van der Waals surface area contributed by atoms with E-state index in [-0.39, 0.29) is 17.4 Å². The van der Waals surface area contributed by atoms with Crippen molar-refractivity contribution in [2.24, 2.45) is 11.7 Å². The lowest BCUT2D eigenvalue weighted by Gasteiger charge is -2.29. The van der Waals surface area contributed by atoms with Gasteiger partial charge in [-0.3, -0.25) is 9.59 Å². The van der Waals surface area contributed by atoms with Gasteiger partial charge in [0.25, 0.3) is 0 Å². The van der Waals surface area contributed by atoms with Crippen molar-refractivity contribution < 1.29 is 9.59 Å². The van der Waals surface area contributed by atoms with E-state index >= 15 is 0 Å². The van der Waals surface area contributed by atoms with Gasteiger partial charge in [0.15, 0.2) is 0 Å². The van der Waals surface area contributed by atoms with Gasteiger partial charge in [0.1, 0.15) is 5.92 Å². The lowest BCUT2D eigenvalue weighted by atomic mass is 9.96. The molecule has 2 aliphatic rings. The second-order valence-electron chi connectivity index (χ2n) is 6.46. The van der Waals surface area contributed by atoms with Crippen LogP contribution >= 0.6 is 15.9 Å². The van der Waals surface area contributed by atoms with Crippen molar-refractivity contribution in [1.82, 2.24) is 5.32 Å². The number of hydrogen-bond donors (Lipinski definition) is 2. The molecule has 3 N–H and O–H groups in total. The van der Waals surface area contributed by atoms with Gasteiger partial charge in [-0.2, -0.15) is 0 Å².